The summed E-state index contributed by atoms with van der Waals surface area (Å²) < 4.78 is 5.41. The molecule has 0 amide bonds. The van der Waals surface area contributed by atoms with E-state index in [9.17, 15) is 4.79 Å². The second kappa shape index (κ2) is 7.37. The van der Waals surface area contributed by atoms with Crippen molar-refractivity contribution in [3.63, 3.8) is 0 Å². The second-order valence-corrected chi connectivity index (χ2v) is 7.81. The second-order valence-electron chi connectivity index (χ2n) is 6.49. The van der Waals surface area contributed by atoms with Crippen molar-refractivity contribution in [2.75, 3.05) is 6.61 Å². The third-order valence-corrected chi connectivity index (χ3v) is 5.58. The molecule has 2 atom stereocenters. The third-order valence-electron chi connectivity index (χ3n) is 4.45. The van der Waals surface area contributed by atoms with Gasteiger partial charge in [-0.05, 0) is 30.7 Å². The molecule has 0 bridgehead atoms. The number of ether oxygens (including phenoxy) is 1. The van der Waals surface area contributed by atoms with E-state index in [1.54, 1.807) is 16.1 Å². The standard InChI is InChI=1S/C19H20N4O2S/c1-13-8-9-17(26-13)15-12-16(15)19(24)25-11-5-10-23-21-18(20-22-23)14-6-3-2-4-7-14/h2-4,6-9,15-16H,5,10-12H2,1H3. The van der Waals surface area contributed by atoms with E-state index in [1.165, 1.54) is 9.75 Å². The minimum absolute atomic E-state index is 0.0298. The van der Waals surface area contributed by atoms with Crippen molar-refractivity contribution in [1.29, 1.82) is 0 Å². The van der Waals surface area contributed by atoms with Gasteiger partial charge >= 0.3 is 5.97 Å². The Balaban J connectivity index is 1.20. The Kier molecular flexibility index (Phi) is 4.79. The smallest absolute Gasteiger partial charge is 0.309 e. The molecule has 0 spiro atoms. The highest BCUT2D eigenvalue weighted by Gasteiger charge is 2.45. The monoisotopic (exact) mass is 368 g/mol. The Bertz CT molecular complexity index is 890. The first kappa shape index (κ1) is 16.9. The van der Waals surface area contributed by atoms with Crippen molar-refractivity contribution in [1.82, 2.24) is 20.2 Å². The fourth-order valence-corrected chi connectivity index (χ4v) is 4.00. The average Bonchev–Trinajstić information content (AvgIpc) is 3.11. The lowest BCUT2D eigenvalue weighted by Gasteiger charge is -2.03. The topological polar surface area (TPSA) is 69.9 Å². The van der Waals surface area contributed by atoms with Crippen LogP contribution in [0.2, 0.25) is 0 Å². The summed E-state index contributed by atoms with van der Waals surface area (Å²) in [6.07, 6.45) is 1.58. The van der Waals surface area contributed by atoms with Crippen molar-refractivity contribution in [2.24, 2.45) is 5.92 Å². The summed E-state index contributed by atoms with van der Waals surface area (Å²) >= 11 is 1.77. The molecule has 0 N–H and O–H groups in total. The van der Waals surface area contributed by atoms with E-state index in [2.05, 4.69) is 34.5 Å². The van der Waals surface area contributed by atoms with E-state index in [1.807, 2.05) is 30.3 Å². The van der Waals surface area contributed by atoms with E-state index in [0.29, 0.717) is 31.3 Å². The van der Waals surface area contributed by atoms with Crippen LogP contribution in [-0.2, 0) is 16.1 Å². The summed E-state index contributed by atoms with van der Waals surface area (Å²) in [6.45, 7) is 3.05. The van der Waals surface area contributed by atoms with Gasteiger partial charge < -0.3 is 4.74 Å². The minimum Gasteiger partial charge on any atom is -0.465 e. The molecule has 2 aromatic heterocycles. The van der Waals surface area contributed by atoms with Crippen LogP contribution >= 0.6 is 11.3 Å². The number of thiophene rings is 1. The number of hydrogen-bond donors (Lipinski definition) is 0. The Morgan fingerprint density at radius 1 is 1.27 bits per heavy atom. The zero-order chi connectivity index (χ0) is 17.9. The predicted molar refractivity (Wildman–Crippen MR) is 98.7 cm³/mol. The van der Waals surface area contributed by atoms with Crippen molar-refractivity contribution in [2.45, 2.75) is 32.2 Å². The lowest BCUT2D eigenvalue weighted by atomic mass is 10.2. The van der Waals surface area contributed by atoms with Gasteiger partial charge in [0.25, 0.3) is 0 Å². The minimum atomic E-state index is -0.0856. The SMILES string of the molecule is Cc1ccc(C2CC2C(=O)OCCCn2nnc(-c3ccccc3)n2)s1. The van der Waals surface area contributed by atoms with Gasteiger partial charge in [-0.15, -0.1) is 21.5 Å². The highest BCUT2D eigenvalue weighted by atomic mass is 32.1. The van der Waals surface area contributed by atoms with Crippen LogP contribution in [0.25, 0.3) is 11.4 Å². The molecular weight excluding hydrogens is 348 g/mol. The molecule has 26 heavy (non-hydrogen) atoms. The predicted octanol–water partition coefficient (Wildman–Crippen LogP) is 3.45. The Morgan fingerprint density at radius 2 is 2.12 bits per heavy atom. The van der Waals surface area contributed by atoms with Crippen LogP contribution in [0.3, 0.4) is 0 Å². The van der Waals surface area contributed by atoms with Gasteiger partial charge in [0.1, 0.15) is 0 Å². The van der Waals surface area contributed by atoms with Crippen LogP contribution in [0.4, 0.5) is 0 Å². The van der Waals surface area contributed by atoms with E-state index >= 15 is 0 Å². The van der Waals surface area contributed by atoms with Crippen molar-refractivity contribution in [3.8, 4) is 11.4 Å². The molecule has 3 aromatic rings. The number of benzene rings is 1. The van der Waals surface area contributed by atoms with Crippen LogP contribution < -0.4 is 0 Å². The summed E-state index contributed by atoms with van der Waals surface area (Å²) in [4.78, 5) is 16.3. The quantitative estimate of drug-likeness (QED) is 0.472. The molecular formula is C19H20N4O2S. The lowest BCUT2D eigenvalue weighted by molar-refractivity contribution is -0.145. The van der Waals surface area contributed by atoms with Crippen molar-refractivity contribution in [3.05, 3.63) is 52.2 Å². The zero-order valence-corrected chi connectivity index (χ0v) is 15.4. The number of carbonyl (C=O) groups is 1. The molecule has 1 aromatic carbocycles. The number of carbonyl (C=O) groups excluding carboxylic acids is 1. The van der Waals surface area contributed by atoms with E-state index in [4.69, 9.17) is 4.74 Å². The van der Waals surface area contributed by atoms with Crippen molar-refractivity contribution >= 4 is 17.3 Å². The zero-order valence-electron chi connectivity index (χ0n) is 14.5. The maximum Gasteiger partial charge on any atom is 0.309 e. The molecule has 0 saturated heterocycles. The summed E-state index contributed by atoms with van der Waals surface area (Å²) in [5.74, 6) is 0.904. The van der Waals surface area contributed by atoms with Gasteiger partial charge in [0.05, 0.1) is 19.1 Å². The summed E-state index contributed by atoms with van der Waals surface area (Å²) in [6, 6.07) is 14.0. The molecule has 2 unspecified atom stereocenters. The van der Waals surface area contributed by atoms with Gasteiger partial charge in [-0.3, -0.25) is 4.79 Å². The Morgan fingerprint density at radius 3 is 2.88 bits per heavy atom. The number of rotatable bonds is 7. The van der Waals surface area contributed by atoms with E-state index < -0.39 is 0 Å². The number of tetrazole rings is 1. The van der Waals surface area contributed by atoms with Gasteiger partial charge in [-0.2, -0.15) is 4.80 Å². The molecule has 4 rings (SSSR count). The highest BCUT2D eigenvalue weighted by Crippen LogP contribution is 2.50. The van der Waals surface area contributed by atoms with Crippen LogP contribution in [0.15, 0.2) is 42.5 Å². The number of aromatic nitrogens is 4. The van der Waals surface area contributed by atoms with Crippen LogP contribution in [0.5, 0.6) is 0 Å². The highest BCUT2D eigenvalue weighted by molar-refractivity contribution is 7.12. The molecule has 1 aliphatic rings. The summed E-state index contributed by atoms with van der Waals surface area (Å²) in [5, 5.41) is 12.5. The molecule has 0 radical (unpaired) electrons. The first-order valence-corrected chi connectivity index (χ1v) is 9.58. The number of hydrogen-bond acceptors (Lipinski definition) is 6. The van der Waals surface area contributed by atoms with Gasteiger partial charge in [0.15, 0.2) is 0 Å². The molecule has 1 aliphatic carbocycles. The van der Waals surface area contributed by atoms with Gasteiger partial charge in [0.2, 0.25) is 5.82 Å². The maximum atomic E-state index is 12.1. The Hall–Kier alpha value is -2.54. The lowest BCUT2D eigenvalue weighted by Crippen LogP contribution is -2.11. The molecule has 6 nitrogen and oxygen atoms in total. The number of aryl methyl sites for hydroxylation is 2. The van der Waals surface area contributed by atoms with Crippen molar-refractivity contribution < 1.29 is 9.53 Å². The van der Waals surface area contributed by atoms with Gasteiger partial charge in [-0.25, -0.2) is 0 Å². The van der Waals surface area contributed by atoms with Crippen LogP contribution in [-0.4, -0.2) is 32.8 Å². The van der Waals surface area contributed by atoms with E-state index in [0.717, 1.165) is 12.0 Å². The molecule has 2 heterocycles. The Labute approximate surface area is 155 Å². The number of esters is 1. The van der Waals surface area contributed by atoms with Crippen LogP contribution in [0.1, 0.15) is 28.5 Å². The first-order chi connectivity index (χ1) is 12.7. The normalized spacial score (nSPS) is 18.7. The van der Waals surface area contributed by atoms with Gasteiger partial charge in [-0.1, -0.05) is 30.3 Å². The van der Waals surface area contributed by atoms with Crippen LogP contribution in [0, 0.1) is 12.8 Å². The average molecular weight is 368 g/mol. The first-order valence-electron chi connectivity index (χ1n) is 8.77. The molecule has 7 heteroatoms. The fraction of sp³-hybridized carbons (Fsp3) is 0.368. The maximum absolute atomic E-state index is 12.1. The summed E-state index contributed by atoms with van der Waals surface area (Å²) in [5.41, 5.74) is 0.939. The molecule has 1 saturated carbocycles. The fourth-order valence-electron chi connectivity index (χ4n) is 2.95. The third kappa shape index (κ3) is 3.83. The van der Waals surface area contributed by atoms with E-state index in [-0.39, 0.29) is 11.9 Å². The molecule has 1 fully saturated rings. The summed E-state index contributed by atoms with van der Waals surface area (Å²) in [7, 11) is 0. The molecule has 134 valence electrons. The van der Waals surface area contributed by atoms with Gasteiger partial charge in [0, 0.05) is 27.7 Å². The largest absolute Gasteiger partial charge is 0.465 e. The number of nitrogens with zero attached hydrogens (tertiary/aromatic N) is 4. The molecule has 0 aliphatic heterocycles.